The molecule has 0 aliphatic rings. The fourth-order valence-corrected chi connectivity index (χ4v) is 4.46. The molecule has 0 fully saturated rings. The molecule has 1 N–H and O–H groups in total. The van der Waals surface area contributed by atoms with E-state index in [9.17, 15) is 10.1 Å². The molecule has 0 saturated carbocycles. The third-order valence-corrected chi connectivity index (χ3v) is 6.46. The fourth-order valence-electron chi connectivity index (χ4n) is 3.66. The van der Waals surface area contributed by atoms with Crippen LogP contribution >= 0.6 is 11.8 Å². The Balaban J connectivity index is 1.52. The van der Waals surface area contributed by atoms with Crippen molar-refractivity contribution in [3.8, 4) is 17.7 Å². The molecule has 0 aliphatic heterocycles. The Bertz CT molecular complexity index is 1300. The number of rotatable bonds is 8. The molecular weight excluding hydrogens is 436 g/mol. The minimum absolute atomic E-state index is 0.135. The molecule has 0 saturated heterocycles. The summed E-state index contributed by atoms with van der Waals surface area (Å²) in [4.78, 5) is 12.9. The first-order valence-electron chi connectivity index (χ1n) is 10.6. The van der Waals surface area contributed by atoms with Crippen molar-refractivity contribution in [2.75, 3.05) is 11.1 Å². The summed E-state index contributed by atoms with van der Waals surface area (Å²) in [6.45, 7) is 7.06. The van der Waals surface area contributed by atoms with Crippen molar-refractivity contribution in [3.63, 3.8) is 0 Å². The van der Waals surface area contributed by atoms with Crippen molar-refractivity contribution < 1.29 is 9.21 Å². The number of benzene rings is 1. The predicted molar refractivity (Wildman–Crippen MR) is 127 cm³/mol. The second-order valence-corrected chi connectivity index (χ2v) is 8.42. The van der Waals surface area contributed by atoms with E-state index in [0.29, 0.717) is 41.2 Å². The van der Waals surface area contributed by atoms with E-state index >= 15 is 0 Å². The van der Waals surface area contributed by atoms with Crippen LogP contribution in [0.15, 0.2) is 58.3 Å². The standard InChI is InChI=1S/C24H24N6O2S/c1-4-29-23(20-11-8-12-32-20)27-28-24(29)33-15-21(31)26-22-19(13-25)16(2)17(3)30(22)14-18-9-6-5-7-10-18/h5-12H,4,14-15H2,1-3H3,(H,26,31). The Morgan fingerprint density at radius 1 is 1.15 bits per heavy atom. The minimum atomic E-state index is -0.214. The van der Waals surface area contributed by atoms with E-state index in [1.165, 1.54) is 11.8 Å². The molecule has 0 bridgehead atoms. The molecule has 9 heteroatoms. The number of aromatic nitrogens is 4. The second-order valence-electron chi connectivity index (χ2n) is 7.48. The molecule has 3 aromatic heterocycles. The third kappa shape index (κ3) is 4.56. The monoisotopic (exact) mass is 460 g/mol. The highest BCUT2D eigenvalue weighted by atomic mass is 32.2. The lowest BCUT2D eigenvalue weighted by Gasteiger charge is -2.13. The maximum atomic E-state index is 12.9. The SMILES string of the molecule is CCn1c(SCC(=O)Nc2c(C#N)c(C)c(C)n2Cc2ccccc2)nnc1-c1ccco1. The average Bonchev–Trinajstić information content (AvgIpc) is 3.54. The second kappa shape index (κ2) is 9.79. The molecule has 4 rings (SSSR count). The lowest BCUT2D eigenvalue weighted by atomic mass is 10.2. The maximum absolute atomic E-state index is 12.9. The highest BCUT2D eigenvalue weighted by Gasteiger charge is 2.21. The van der Waals surface area contributed by atoms with Gasteiger partial charge in [-0.15, -0.1) is 10.2 Å². The van der Waals surface area contributed by atoms with E-state index in [1.54, 1.807) is 12.3 Å². The first-order valence-corrected chi connectivity index (χ1v) is 11.6. The van der Waals surface area contributed by atoms with Gasteiger partial charge < -0.3 is 14.3 Å². The van der Waals surface area contributed by atoms with Crippen LogP contribution in [0, 0.1) is 25.2 Å². The summed E-state index contributed by atoms with van der Waals surface area (Å²) in [5.41, 5.74) is 3.39. The molecule has 4 aromatic rings. The molecule has 1 amide bonds. The minimum Gasteiger partial charge on any atom is -0.461 e. The molecule has 0 unspecified atom stereocenters. The number of hydrogen-bond acceptors (Lipinski definition) is 6. The highest BCUT2D eigenvalue weighted by molar-refractivity contribution is 7.99. The van der Waals surface area contributed by atoms with Gasteiger partial charge in [-0.3, -0.25) is 9.36 Å². The number of amides is 1. The van der Waals surface area contributed by atoms with Gasteiger partial charge in [-0.1, -0.05) is 42.1 Å². The lowest BCUT2D eigenvalue weighted by Crippen LogP contribution is -2.19. The van der Waals surface area contributed by atoms with Crippen LogP contribution in [-0.2, 0) is 17.9 Å². The first-order chi connectivity index (χ1) is 16.0. The predicted octanol–water partition coefficient (Wildman–Crippen LogP) is 4.63. The Labute approximate surface area is 196 Å². The van der Waals surface area contributed by atoms with Gasteiger partial charge in [-0.25, -0.2) is 0 Å². The Morgan fingerprint density at radius 3 is 2.61 bits per heavy atom. The van der Waals surface area contributed by atoms with E-state index in [2.05, 4.69) is 21.6 Å². The van der Waals surface area contributed by atoms with Gasteiger partial charge in [0.15, 0.2) is 16.7 Å². The Hall–Kier alpha value is -3.77. The van der Waals surface area contributed by atoms with Gasteiger partial charge in [-0.05, 0) is 44.0 Å². The number of nitrogens with one attached hydrogen (secondary N) is 1. The zero-order chi connectivity index (χ0) is 23.4. The van der Waals surface area contributed by atoms with Crippen LogP contribution in [0.4, 0.5) is 5.82 Å². The van der Waals surface area contributed by atoms with Crippen LogP contribution in [0.25, 0.3) is 11.6 Å². The topological polar surface area (TPSA) is 102 Å². The Kier molecular flexibility index (Phi) is 6.66. The van der Waals surface area contributed by atoms with Gasteiger partial charge in [0.25, 0.3) is 0 Å². The van der Waals surface area contributed by atoms with Crippen molar-refractivity contribution in [2.45, 2.75) is 39.0 Å². The van der Waals surface area contributed by atoms with Crippen molar-refractivity contribution in [1.29, 1.82) is 5.26 Å². The van der Waals surface area contributed by atoms with Crippen LogP contribution in [0.3, 0.4) is 0 Å². The summed E-state index contributed by atoms with van der Waals surface area (Å²) in [6.07, 6.45) is 1.59. The van der Waals surface area contributed by atoms with Gasteiger partial charge in [-0.2, -0.15) is 5.26 Å². The van der Waals surface area contributed by atoms with E-state index in [-0.39, 0.29) is 11.7 Å². The molecule has 3 heterocycles. The molecule has 0 atom stereocenters. The number of anilines is 1. The van der Waals surface area contributed by atoms with Crippen LogP contribution in [0.1, 0.15) is 29.3 Å². The number of furan rings is 1. The van der Waals surface area contributed by atoms with E-state index < -0.39 is 0 Å². The van der Waals surface area contributed by atoms with Gasteiger partial charge in [0.1, 0.15) is 11.9 Å². The first kappa shape index (κ1) is 22.4. The number of nitrogens with zero attached hydrogens (tertiary/aromatic N) is 5. The number of thioether (sulfide) groups is 1. The van der Waals surface area contributed by atoms with Crippen molar-refractivity contribution in [3.05, 3.63) is 71.1 Å². The zero-order valence-electron chi connectivity index (χ0n) is 18.7. The highest BCUT2D eigenvalue weighted by Crippen LogP contribution is 2.28. The zero-order valence-corrected chi connectivity index (χ0v) is 19.5. The molecule has 0 spiro atoms. The number of nitriles is 1. The van der Waals surface area contributed by atoms with E-state index in [1.807, 2.05) is 66.3 Å². The van der Waals surface area contributed by atoms with Crippen molar-refractivity contribution in [1.82, 2.24) is 19.3 Å². The summed E-state index contributed by atoms with van der Waals surface area (Å²) in [5.74, 6) is 1.70. The van der Waals surface area contributed by atoms with Crippen molar-refractivity contribution >= 4 is 23.5 Å². The largest absolute Gasteiger partial charge is 0.461 e. The fraction of sp³-hybridized carbons (Fsp3) is 0.250. The molecular formula is C24H24N6O2S. The number of carbonyl (C=O) groups is 1. The van der Waals surface area contributed by atoms with Crippen molar-refractivity contribution in [2.24, 2.45) is 0 Å². The molecule has 33 heavy (non-hydrogen) atoms. The average molecular weight is 461 g/mol. The lowest BCUT2D eigenvalue weighted by molar-refractivity contribution is -0.113. The molecule has 168 valence electrons. The molecule has 8 nitrogen and oxygen atoms in total. The summed E-state index contributed by atoms with van der Waals surface area (Å²) in [6, 6.07) is 15.8. The quantitative estimate of drug-likeness (QED) is 0.385. The smallest absolute Gasteiger partial charge is 0.235 e. The molecule has 1 aromatic carbocycles. The number of carbonyl (C=O) groups excluding carboxylic acids is 1. The van der Waals surface area contributed by atoms with Crippen LogP contribution in [0.2, 0.25) is 0 Å². The van der Waals surface area contributed by atoms with Gasteiger partial charge in [0.05, 0.1) is 17.6 Å². The van der Waals surface area contributed by atoms with Crippen LogP contribution in [0.5, 0.6) is 0 Å². The van der Waals surface area contributed by atoms with Gasteiger partial charge >= 0.3 is 0 Å². The van der Waals surface area contributed by atoms with E-state index in [0.717, 1.165) is 16.8 Å². The molecule has 0 radical (unpaired) electrons. The number of hydrogen-bond donors (Lipinski definition) is 1. The van der Waals surface area contributed by atoms with Crippen LogP contribution in [-0.4, -0.2) is 31.0 Å². The van der Waals surface area contributed by atoms with Crippen LogP contribution < -0.4 is 5.32 Å². The maximum Gasteiger partial charge on any atom is 0.235 e. The summed E-state index contributed by atoms with van der Waals surface area (Å²) in [7, 11) is 0. The Morgan fingerprint density at radius 2 is 1.94 bits per heavy atom. The van der Waals surface area contributed by atoms with Gasteiger partial charge in [0.2, 0.25) is 5.91 Å². The summed E-state index contributed by atoms with van der Waals surface area (Å²) in [5, 5.41) is 21.8. The third-order valence-electron chi connectivity index (χ3n) is 5.49. The van der Waals surface area contributed by atoms with Gasteiger partial charge in [0, 0.05) is 18.8 Å². The summed E-state index contributed by atoms with van der Waals surface area (Å²) < 4.78 is 9.32. The normalized spacial score (nSPS) is 10.8. The molecule has 0 aliphatic carbocycles. The summed E-state index contributed by atoms with van der Waals surface area (Å²) >= 11 is 1.29. The van der Waals surface area contributed by atoms with E-state index in [4.69, 9.17) is 4.42 Å².